The molecule has 2 saturated carbocycles. The van der Waals surface area contributed by atoms with Crippen LogP contribution in [0.5, 0.6) is 0 Å². The van der Waals surface area contributed by atoms with Crippen molar-refractivity contribution in [2.24, 2.45) is 5.92 Å². The SMILES string of the molecule is C1CCCC1.C[C@H](C1CCCC1[PH+](O)c1ccccc1)P(C(C)(C)C)C(C)(C)C.[CH3-].[CH3-].[Fe+2]. The van der Waals surface area contributed by atoms with Gasteiger partial charge < -0.3 is 14.9 Å². The van der Waals surface area contributed by atoms with E-state index in [4.69, 9.17) is 0 Å². The van der Waals surface area contributed by atoms with Crippen LogP contribution in [0.1, 0.15) is 99.8 Å². The summed E-state index contributed by atoms with van der Waals surface area (Å²) in [6, 6.07) is 10.4. The number of hydrogen-bond acceptors (Lipinski definition) is 1. The molecule has 0 aliphatic heterocycles. The molecule has 0 amide bonds. The standard InChI is InChI=1S/C21H36OP2.C5H10.2CH3.Fe/c1-16(24(20(2,3)4)21(5,6)7)18-14-11-15-19(18)23(22)17-12-9-8-10-13-17;1-2-4-5-3-1;;;/h8-10,12-13,16,18-19,22H,11,14-15H2,1-7H3;1-5H2;2*1H3;/q;;2*-1;+2/p+1/t16-,18?,19?,23?;;;;/m1..../s1. The minimum Gasteiger partial charge on any atom is -0.358 e. The van der Waals surface area contributed by atoms with E-state index in [1.54, 1.807) is 0 Å². The predicted molar refractivity (Wildman–Crippen MR) is 150 cm³/mol. The molecule has 188 valence electrons. The van der Waals surface area contributed by atoms with E-state index in [-0.39, 0.29) is 39.8 Å². The van der Waals surface area contributed by atoms with E-state index in [1.165, 1.54) is 56.7 Å². The predicted octanol–water partition coefficient (Wildman–Crippen LogP) is 8.92. The van der Waals surface area contributed by atoms with Crippen molar-refractivity contribution in [1.29, 1.82) is 0 Å². The fraction of sp³-hybridized carbons (Fsp3) is 0.714. The Hall–Kier alpha value is 0.559. The molecular weight excluding hydrogens is 470 g/mol. The van der Waals surface area contributed by atoms with Crippen molar-refractivity contribution in [3.8, 4) is 0 Å². The zero-order valence-corrected chi connectivity index (χ0v) is 25.5. The van der Waals surface area contributed by atoms with Gasteiger partial charge in [0.1, 0.15) is 11.0 Å². The second kappa shape index (κ2) is 15.5. The number of rotatable bonds is 4. The number of benzene rings is 1. The molecule has 1 aromatic rings. The minimum absolute atomic E-state index is 0. The summed E-state index contributed by atoms with van der Waals surface area (Å²) in [4.78, 5) is 11.1. The van der Waals surface area contributed by atoms with Crippen LogP contribution in [0.2, 0.25) is 0 Å². The molecular formula is C28H53FeOP2+. The van der Waals surface area contributed by atoms with Gasteiger partial charge in [0.2, 0.25) is 0 Å². The van der Waals surface area contributed by atoms with Crippen LogP contribution in [0.3, 0.4) is 0 Å². The molecule has 3 unspecified atom stereocenters. The Labute approximate surface area is 215 Å². The summed E-state index contributed by atoms with van der Waals surface area (Å²) in [5.41, 5.74) is 1.23. The summed E-state index contributed by atoms with van der Waals surface area (Å²) in [6.07, 6.45) is 11.3. The van der Waals surface area contributed by atoms with E-state index >= 15 is 0 Å². The molecule has 3 rings (SSSR count). The molecule has 0 bridgehead atoms. The molecule has 32 heavy (non-hydrogen) atoms. The van der Waals surface area contributed by atoms with Crippen molar-refractivity contribution in [2.45, 2.75) is 121 Å². The average molecular weight is 524 g/mol. The molecule has 4 atom stereocenters. The van der Waals surface area contributed by atoms with Gasteiger partial charge in [0.05, 0.1) is 0 Å². The summed E-state index contributed by atoms with van der Waals surface area (Å²) < 4.78 is 0. The minimum atomic E-state index is -1.45. The quantitative estimate of drug-likeness (QED) is 0.237. The van der Waals surface area contributed by atoms with Gasteiger partial charge >= 0.3 is 17.1 Å². The van der Waals surface area contributed by atoms with Crippen LogP contribution in [-0.4, -0.2) is 26.5 Å². The first-order valence-electron chi connectivity index (χ1n) is 11.9. The van der Waals surface area contributed by atoms with E-state index in [0.29, 0.717) is 27.5 Å². The third-order valence-electron chi connectivity index (χ3n) is 6.71. The third kappa shape index (κ3) is 10.0. The maximum atomic E-state index is 11.1. The molecule has 1 aromatic carbocycles. The fourth-order valence-electron chi connectivity index (χ4n) is 6.03. The normalized spacial score (nSPS) is 22.5. The van der Waals surface area contributed by atoms with Crippen LogP contribution in [0.25, 0.3) is 0 Å². The zero-order valence-electron chi connectivity index (χ0n) is 22.5. The van der Waals surface area contributed by atoms with Crippen LogP contribution in [0.15, 0.2) is 30.3 Å². The fourth-order valence-corrected chi connectivity index (χ4v) is 13.7. The van der Waals surface area contributed by atoms with Crippen LogP contribution in [-0.2, 0) is 17.1 Å². The van der Waals surface area contributed by atoms with Crippen molar-refractivity contribution in [2.75, 3.05) is 0 Å². The molecule has 1 nitrogen and oxygen atoms in total. The summed E-state index contributed by atoms with van der Waals surface area (Å²) in [7, 11) is -1.58. The van der Waals surface area contributed by atoms with Gasteiger partial charge in [-0.25, -0.2) is 4.89 Å². The first kappa shape index (κ1) is 34.7. The van der Waals surface area contributed by atoms with Crippen molar-refractivity contribution in [1.82, 2.24) is 0 Å². The van der Waals surface area contributed by atoms with E-state index in [1.807, 2.05) is 6.07 Å². The van der Waals surface area contributed by atoms with Gasteiger partial charge in [-0.3, -0.25) is 0 Å². The van der Waals surface area contributed by atoms with Crippen molar-refractivity contribution in [3.63, 3.8) is 0 Å². The van der Waals surface area contributed by atoms with Gasteiger partial charge in [-0.05, 0) is 47.4 Å². The van der Waals surface area contributed by atoms with Crippen LogP contribution in [0, 0.1) is 20.8 Å². The second-order valence-corrected chi connectivity index (χ2v) is 17.5. The molecule has 4 heteroatoms. The smallest absolute Gasteiger partial charge is 0.358 e. The zero-order chi connectivity index (χ0) is 21.7. The van der Waals surface area contributed by atoms with Crippen molar-refractivity contribution in [3.05, 3.63) is 45.2 Å². The van der Waals surface area contributed by atoms with Gasteiger partial charge in [0, 0.05) is 5.92 Å². The van der Waals surface area contributed by atoms with E-state index in [9.17, 15) is 4.89 Å². The van der Waals surface area contributed by atoms with Crippen LogP contribution < -0.4 is 5.30 Å². The first-order chi connectivity index (χ1) is 13.5. The van der Waals surface area contributed by atoms with Gasteiger partial charge in [-0.2, -0.15) is 0 Å². The Balaban J connectivity index is 0. The Morgan fingerprint density at radius 1 is 0.812 bits per heavy atom. The monoisotopic (exact) mass is 523 g/mol. The summed E-state index contributed by atoms with van der Waals surface area (Å²) in [5.74, 6) is 0.689. The summed E-state index contributed by atoms with van der Waals surface area (Å²) in [6.45, 7) is 17.0. The molecule has 2 fully saturated rings. The number of hydrogen-bond donors (Lipinski definition) is 1. The maximum absolute atomic E-state index is 11.1. The van der Waals surface area contributed by atoms with Crippen molar-refractivity contribution >= 4 is 21.4 Å². The van der Waals surface area contributed by atoms with Gasteiger partial charge in [-0.1, -0.05) is 107 Å². The van der Waals surface area contributed by atoms with Gasteiger partial charge in [0.25, 0.3) is 0 Å². The van der Waals surface area contributed by atoms with Crippen LogP contribution in [0.4, 0.5) is 0 Å². The third-order valence-corrected chi connectivity index (χ3v) is 13.1. The average Bonchev–Trinajstić information content (AvgIpc) is 3.33. The molecule has 0 radical (unpaired) electrons. The van der Waals surface area contributed by atoms with Crippen molar-refractivity contribution < 1.29 is 22.0 Å². The molecule has 2 aliphatic carbocycles. The molecule has 0 heterocycles. The largest absolute Gasteiger partial charge is 2.00 e. The molecule has 1 N–H and O–H groups in total. The Bertz CT molecular complexity index is 568. The Kier molecular flexibility index (Phi) is 16.9. The first-order valence-corrected chi connectivity index (χ1v) is 14.9. The Morgan fingerprint density at radius 2 is 1.25 bits per heavy atom. The summed E-state index contributed by atoms with van der Waals surface area (Å²) in [5, 5.41) is 1.91. The van der Waals surface area contributed by atoms with Crippen LogP contribution >= 0.6 is 16.1 Å². The topological polar surface area (TPSA) is 20.2 Å². The molecule has 0 aromatic heterocycles. The Morgan fingerprint density at radius 3 is 1.66 bits per heavy atom. The summed E-state index contributed by atoms with van der Waals surface area (Å²) >= 11 is 0. The molecule has 0 spiro atoms. The molecule has 2 aliphatic rings. The van der Waals surface area contributed by atoms with E-state index < -0.39 is 8.15 Å². The van der Waals surface area contributed by atoms with Gasteiger partial charge in [0.15, 0.2) is 8.15 Å². The van der Waals surface area contributed by atoms with Gasteiger partial charge in [-0.15, -0.1) is 0 Å². The van der Waals surface area contributed by atoms with E-state index in [0.717, 1.165) is 0 Å². The second-order valence-electron chi connectivity index (χ2n) is 11.2. The van der Waals surface area contributed by atoms with E-state index in [2.05, 4.69) is 72.7 Å². The maximum Gasteiger partial charge on any atom is 2.00 e. The molecule has 0 saturated heterocycles.